The molecule has 142 valence electrons. The standard InChI is InChI=1S/C17H18N4O4S2/c1-5-21(10(3)22)17-19-11(7-26-17)6-25-16(24)13-9(2)12-14(27-13)18-8-20(4)15(12)23/h7-8H,5-6H2,1-4H3. The van der Waals surface area contributed by atoms with Crippen molar-refractivity contribution in [3.63, 3.8) is 0 Å². The Balaban J connectivity index is 1.77. The van der Waals surface area contributed by atoms with Gasteiger partial charge in [0.05, 0.1) is 17.4 Å². The maximum atomic E-state index is 12.5. The second-order valence-corrected chi connectivity index (χ2v) is 7.69. The third-order valence-corrected chi connectivity index (χ3v) is 6.11. The number of aryl methyl sites for hydroxylation is 2. The van der Waals surface area contributed by atoms with Crippen LogP contribution in [0.3, 0.4) is 0 Å². The van der Waals surface area contributed by atoms with Crippen LogP contribution < -0.4 is 10.5 Å². The smallest absolute Gasteiger partial charge is 0.349 e. The van der Waals surface area contributed by atoms with E-state index in [-0.39, 0.29) is 18.1 Å². The summed E-state index contributed by atoms with van der Waals surface area (Å²) in [5, 5.41) is 2.76. The molecule has 3 aromatic heterocycles. The van der Waals surface area contributed by atoms with E-state index in [9.17, 15) is 14.4 Å². The molecule has 0 bridgehead atoms. The van der Waals surface area contributed by atoms with Crippen molar-refractivity contribution < 1.29 is 14.3 Å². The van der Waals surface area contributed by atoms with Crippen molar-refractivity contribution in [1.82, 2.24) is 14.5 Å². The van der Waals surface area contributed by atoms with E-state index >= 15 is 0 Å². The first-order valence-electron chi connectivity index (χ1n) is 8.17. The average Bonchev–Trinajstić information content (AvgIpc) is 3.22. The molecule has 3 aromatic rings. The van der Waals surface area contributed by atoms with Gasteiger partial charge in [0.25, 0.3) is 5.56 Å². The fourth-order valence-corrected chi connectivity index (χ4v) is 4.54. The second kappa shape index (κ2) is 7.57. The van der Waals surface area contributed by atoms with Gasteiger partial charge in [0.15, 0.2) is 5.13 Å². The van der Waals surface area contributed by atoms with Crippen LogP contribution in [0.2, 0.25) is 0 Å². The van der Waals surface area contributed by atoms with Gasteiger partial charge in [-0.2, -0.15) is 0 Å². The summed E-state index contributed by atoms with van der Waals surface area (Å²) in [6.45, 7) is 5.57. The number of esters is 1. The van der Waals surface area contributed by atoms with Crippen molar-refractivity contribution in [2.24, 2.45) is 7.05 Å². The molecule has 0 saturated carbocycles. The number of carbonyl (C=O) groups excluding carboxylic acids is 2. The highest BCUT2D eigenvalue weighted by atomic mass is 32.1. The summed E-state index contributed by atoms with van der Waals surface area (Å²) in [6, 6.07) is 0. The third kappa shape index (κ3) is 3.62. The molecule has 0 aliphatic rings. The summed E-state index contributed by atoms with van der Waals surface area (Å²) in [5.41, 5.74) is 0.943. The lowest BCUT2D eigenvalue weighted by molar-refractivity contribution is -0.116. The number of hydrogen-bond donors (Lipinski definition) is 0. The summed E-state index contributed by atoms with van der Waals surface area (Å²) < 4.78 is 6.73. The van der Waals surface area contributed by atoms with Crippen LogP contribution in [0, 0.1) is 6.92 Å². The van der Waals surface area contributed by atoms with E-state index in [4.69, 9.17) is 4.74 Å². The molecule has 0 fully saturated rings. The average molecular weight is 406 g/mol. The Hall–Kier alpha value is -2.59. The molecule has 8 nitrogen and oxygen atoms in total. The van der Waals surface area contributed by atoms with Gasteiger partial charge in [-0.3, -0.25) is 14.5 Å². The predicted molar refractivity (Wildman–Crippen MR) is 105 cm³/mol. The molecule has 27 heavy (non-hydrogen) atoms. The lowest BCUT2D eigenvalue weighted by Gasteiger charge is -2.14. The normalized spacial score (nSPS) is 11.0. The highest BCUT2D eigenvalue weighted by Crippen LogP contribution is 2.28. The maximum Gasteiger partial charge on any atom is 0.349 e. The Morgan fingerprint density at radius 1 is 1.37 bits per heavy atom. The van der Waals surface area contributed by atoms with Gasteiger partial charge in [-0.25, -0.2) is 14.8 Å². The minimum absolute atomic E-state index is 0.0100. The fraction of sp³-hybridized carbons (Fsp3) is 0.353. The number of amides is 1. The minimum Gasteiger partial charge on any atom is -0.455 e. The van der Waals surface area contributed by atoms with E-state index in [0.717, 1.165) is 11.3 Å². The van der Waals surface area contributed by atoms with Gasteiger partial charge in [0.2, 0.25) is 5.91 Å². The molecule has 0 saturated heterocycles. The highest BCUT2D eigenvalue weighted by Gasteiger charge is 2.21. The van der Waals surface area contributed by atoms with Crippen molar-refractivity contribution in [3.8, 4) is 0 Å². The van der Waals surface area contributed by atoms with E-state index in [1.165, 1.54) is 29.2 Å². The van der Waals surface area contributed by atoms with Crippen LogP contribution in [0.1, 0.15) is 34.8 Å². The zero-order valence-corrected chi connectivity index (χ0v) is 16.9. The molecule has 1 amide bonds. The monoisotopic (exact) mass is 406 g/mol. The number of anilines is 1. The van der Waals surface area contributed by atoms with Crippen LogP contribution in [-0.4, -0.2) is 33.0 Å². The predicted octanol–water partition coefficient (Wildman–Crippen LogP) is 2.49. The van der Waals surface area contributed by atoms with Crippen molar-refractivity contribution in [1.29, 1.82) is 0 Å². The number of fused-ring (bicyclic) bond motifs is 1. The third-order valence-electron chi connectivity index (χ3n) is 4.01. The van der Waals surface area contributed by atoms with Crippen molar-refractivity contribution in [2.45, 2.75) is 27.4 Å². The summed E-state index contributed by atoms with van der Waals surface area (Å²) in [6.07, 6.45) is 1.43. The highest BCUT2D eigenvalue weighted by molar-refractivity contribution is 7.20. The van der Waals surface area contributed by atoms with Crippen LogP contribution in [0.15, 0.2) is 16.5 Å². The number of ether oxygens (including phenoxy) is 1. The van der Waals surface area contributed by atoms with Gasteiger partial charge in [-0.05, 0) is 19.4 Å². The van der Waals surface area contributed by atoms with Crippen molar-refractivity contribution in [3.05, 3.63) is 38.2 Å². The summed E-state index contributed by atoms with van der Waals surface area (Å²) >= 11 is 2.46. The van der Waals surface area contributed by atoms with Crippen LogP contribution in [0.25, 0.3) is 10.2 Å². The topological polar surface area (TPSA) is 94.4 Å². The molecule has 0 radical (unpaired) electrons. The number of carbonyl (C=O) groups is 2. The van der Waals surface area contributed by atoms with E-state index < -0.39 is 5.97 Å². The first-order valence-corrected chi connectivity index (χ1v) is 9.87. The Morgan fingerprint density at radius 2 is 2.11 bits per heavy atom. The van der Waals surface area contributed by atoms with E-state index in [2.05, 4.69) is 9.97 Å². The fourth-order valence-electron chi connectivity index (χ4n) is 2.59. The molecular weight excluding hydrogens is 388 g/mol. The van der Waals surface area contributed by atoms with Crippen molar-refractivity contribution in [2.75, 3.05) is 11.4 Å². The molecule has 10 heteroatoms. The number of hydrogen-bond acceptors (Lipinski definition) is 8. The van der Waals surface area contributed by atoms with Gasteiger partial charge in [0, 0.05) is 25.9 Å². The van der Waals surface area contributed by atoms with E-state index in [1.54, 1.807) is 24.3 Å². The largest absolute Gasteiger partial charge is 0.455 e. The molecule has 3 rings (SSSR count). The Kier molecular flexibility index (Phi) is 5.38. The van der Waals surface area contributed by atoms with Gasteiger partial charge in [-0.1, -0.05) is 0 Å². The van der Waals surface area contributed by atoms with Gasteiger partial charge >= 0.3 is 5.97 Å². The number of thiazole rings is 1. The molecule has 0 aliphatic carbocycles. The van der Waals surface area contributed by atoms with Crippen LogP contribution in [0.5, 0.6) is 0 Å². The first kappa shape index (κ1) is 19.2. The van der Waals surface area contributed by atoms with Gasteiger partial charge < -0.3 is 9.30 Å². The second-order valence-electron chi connectivity index (χ2n) is 5.86. The van der Waals surface area contributed by atoms with Crippen LogP contribution >= 0.6 is 22.7 Å². The molecule has 0 atom stereocenters. The number of nitrogens with zero attached hydrogens (tertiary/aromatic N) is 4. The summed E-state index contributed by atoms with van der Waals surface area (Å²) in [7, 11) is 1.62. The maximum absolute atomic E-state index is 12.5. The molecule has 0 spiro atoms. The minimum atomic E-state index is -0.522. The summed E-state index contributed by atoms with van der Waals surface area (Å²) in [5.74, 6) is -0.614. The number of rotatable bonds is 5. The van der Waals surface area contributed by atoms with Gasteiger partial charge in [-0.15, -0.1) is 22.7 Å². The lowest BCUT2D eigenvalue weighted by atomic mass is 10.2. The molecule has 0 unspecified atom stereocenters. The Bertz CT molecular complexity index is 1080. The molecule has 0 aliphatic heterocycles. The zero-order valence-electron chi connectivity index (χ0n) is 15.3. The Morgan fingerprint density at radius 3 is 2.78 bits per heavy atom. The number of thiophene rings is 1. The summed E-state index contributed by atoms with van der Waals surface area (Å²) in [4.78, 5) is 47.3. The molecule has 0 aromatic carbocycles. The molecule has 0 N–H and O–H groups in total. The quantitative estimate of drug-likeness (QED) is 0.604. The zero-order chi connectivity index (χ0) is 19.7. The van der Waals surface area contributed by atoms with Crippen LogP contribution in [0.4, 0.5) is 5.13 Å². The SMILES string of the molecule is CCN(C(C)=O)c1nc(COC(=O)c2sc3ncn(C)c(=O)c3c2C)cs1. The molecular formula is C17H18N4O4S2. The first-order chi connectivity index (χ1) is 12.8. The van der Waals surface area contributed by atoms with Gasteiger partial charge in [0.1, 0.15) is 16.3 Å². The Labute approximate surface area is 163 Å². The van der Waals surface area contributed by atoms with Crippen molar-refractivity contribution >= 4 is 49.9 Å². The van der Waals surface area contributed by atoms with Crippen LogP contribution in [-0.2, 0) is 23.2 Å². The number of aromatic nitrogens is 3. The van der Waals surface area contributed by atoms with E-state index in [0.29, 0.717) is 38.0 Å². The lowest BCUT2D eigenvalue weighted by Crippen LogP contribution is -2.27. The van der Waals surface area contributed by atoms with E-state index in [1.807, 2.05) is 6.92 Å². The molecule has 3 heterocycles.